The molecule has 0 unspecified atom stereocenters. The predicted molar refractivity (Wildman–Crippen MR) is 164 cm³/mol. The standard InChI is InChI=1S/C27H34.2C2H6.2C2H2/c1-11-19(3)20(4)21-14-18(2)15-22(16-21)24-17-23(26(5,6)7)12-13-25(24)27(8,9)10;4*1-2/h1,12-17H,2-10H3;2*1-2H3;2*1-2H/b20-19-;;;;. The van der Waals surface area contributed by atoms with E-state index in [9.17, 15) is 0 Å². The Morgan fingerprint density at radius 2 is 1.20 bits per heavy atom. The molecule has 0 heterocycles. The molecule has 0 atom stereocenters. The Kier molecular flexibility index (Phi) is 18.0. The molecule has 0 aliphatic heterocycles. The van der Waals surface area contributed by atoms with Crippen molar-refractivity contribution < 1.29 is 0 Å². The maximum Gasteiger partial charge on any atom is 0.00217 e. The number of hydrogen-bond acceptors (Lipinski definition) is 0. The summed E-state index contributed by atoms with van der Waals surface area (Å²) in [5, 5.41) is 0. The topological polar surface area (TPSA) is 0 Å². The number of benzene rings is 2. The van der Waals surface area contributed by atoms with Crippen molar-refractivity contribution in [3.63, 3.8) is 0 Å². The quantitative estimate of drug-likeness (QED) is 0.383. The van der Waals surface area contributed by atoms with Crippen molar-refractivity contribution >= 4 is 5.57 Å². The third kappa shape index (κ3) is 11.2. The van der Waals surface area contributed by atoms with Crippen LogP contribution in [-0.2, 0) is 10.8 Å². The molecule has 2 rings (SSSR count). The molecule has 0 fully saturated rings. The lowest BCUT2D eigenvalue weighted by Crippen LogP contribution is -2.16. The molecule has 0 amide bonds. The minimum atomic E-state index is 0.0786. The summed E-state index contributed by atoms with van der Waals surface area (Å²) in [6, 6.07) is 13.8. The molecule has 0 aliphatic carbocycles. The van der Waals surface area contributed by atoms with Crippen LogP contribution in [0.25, 0.3) is 16.7 Å². The van der Waals surface area contributed by atoms with Gasteiger partial charge in [-0.25, -0.2) is 0 Å². The Hall–Kier alpha value is -3.14. The average Bonchev–Trinajstić information content (AvgIpc) is 2.86. The van der Waals surface area contributed by atoms with Crippen LogP contribution in [0, 0.1) is 45.0 Å². The lowest BCUT2D eigenvalue weighted by Gasteiger charge is -2.27. The van der Waals surface area contributed by atoms with Crippen LogP contribution >= 0.6 is 0 Å². The van der Waals surface area contributed by atoms with Gasteiger partial charge in [0.15, 0.2) is 0 Å². The third-order valence-corrected chi connectivity index (χ3v) is 5.29. The van der Waals surface area contributed by atoms with Crippen LogP contribution in [0.1, 0.15) is 105 Å². The van der Waals surface area contributed by atoms with Crippen LogP contribution in [-0.4, -0.2) is 0 Å². The van der Waals surface area contributed by atoms with Gasteiger partial charge in [0, 0.05) is 5.57 Å². The number of allylic oxidation sites excluding steroid dienone is 2. The number of terminal acetylenes is 3. The molecule has 0 N–H and O–H groups in total. The fraction of sp³-hybridized carbons (Fsp3) is 0.429. The van der Waals surface area contributed by atoms with Crippen molar-refractivity contribution in [2.45, 2.75) is 101 Å². The van der Waals surface area contributed by atoms with E-state index >= 15 is 0 Å². The van der Waals surface area contributed by atoms with Gasteiger partial charge in [-0.15, -0.1) is 32.1 Å². The Balaban J connectivity index is -0.00000116. The molecule has 0 aromatic heterocycles. The molecule has 0 bridgehead atoms. The zero-order chi connectivity index (χ0) is 28.6. The fourth-order valence-corrected chi connectivity index (χ4v) is 3.38. The van der Waals surface area contributed by atoms with Crippen molar-refractivity contribution in [2.75, 3.05) is 0 Å². The molecule has 2 aromatic rings. The van der Waals surface area contributed by atoms with Crippen molar-refractivity contribution in [3.05, 3.63) is 64.2 Å². The van der Waals surface area contributed by atoms with Gasteiger partial charge in [-0.05, 0) is 76.6 Å². The van der Waals surface area contributed by atoms with Gasteiger partial charge in [0.2, 0.25) is 0 Å². The highest BCUT2D eigenvalue weighted by molar-refractivity contribution is 5.78. The van der Waals surface area contributed by atoms with Crippen LogP contribution in [0.5, 0.6) is 0 Å². The molecule has 35 heavy (non-hydrogen) atoms. The van der Waals surface area contributed by atoms with E-state index in [4.69, 9.17) is 6.42 Å². The van der Waals surface area contributed by atoms with E-state index in [2.05, 4.69) is 123 Å². The molecule has 190 valence electrons. The minimum Gasteiger partial charge on any atom is -0.124 e. The van der Waals surface area contributed by atoms with Gasteiger partial charge in [0.25, 0.3) is 0 Å². The Labute approximate surface area is 219 Å². The van der Waals surface area contributed by atoms with Gasteiger partial charge in [0.1, 0.15) is 0 Å². The van der Waals surface area contributed by atoms with E-state index < -0.39 is 0 Å². The fourth-order valence-electron chi connectivity index (χ4n) is 3.38. The number of rotatable bonds is 2. The summed E-state index contributed by atoms with van der Waals surface area (Å²) in [5.74, 6) is 2.79. The largest absolute Gasteiger partial charge is 0.124 e. The van der Waals surface area contributed by atoms with Crippen molar-refractivity contribution in [1.82, 2.24) is 0 Å². The van der Waals surface area contributed by atoms with Gasteiger partial charge >= 0.3 is 0 Å². The molecule has 0 radical (unpaired) electrons. The van der Waals surface area contributed by atoms with Crippen LogP contribution in [0.4, 0.5) is 0 Å². The molecular weight excluding hydrogens is 420 g/mol. The third-order valence-electron chi connectivity index (χ3n) is 5.29. The van der Waals surface area contributed by atoms with Gasteiger partial charge in [0.05, 0.1) is 0 Å². The van der Waals surface area contributed by atoms with Crippen LogP contribution in [0.3, 0.4) is 0 Å². The second kappa shape index (κ2) is 17.3. The van der Waals surface area contributed by atoms with Crippen LogP contribution in [0.15, 0.2) is 42.0 Å². The van der Waals surface area contributed by atoms with Gasteiger partial charge < -0.3 is 0 Å². The molecule has 2 aromatic carbocycles. The van der Waals surface area contributed by atoms with E-state index in [1.54, 1.807) is 0 Å². The highest BCUT2D eigenvalue weighted by atomic mass is 14.3. The first-order valence-electron chi connectivity index (χ1n) is 12.4. The summed E-state index contributed by atoms with van der Waals surface area (Å²) in [6.45, 7) is 28.0. The Bertz CT molecular complexity index is 994. The van der Waals surface area contributed by atoms with Gasteiger partial charge in [-0.1, -0.05) is 105 Å². The zero-order valence-electron chi connectivity index (χ0n) is 24.9. The van der Waals surface area contributed by atoms with Gasteiger partial charge in [-0.3, -0.25) is 0 Å². The van der Waals surface area contributed by atoms with Crippen LogP contribution < -0.4 is 0 Å². The SMILES string of the molecule is C#C.C#C.C#C/C(C)=C(/C)c1cc(C)cc(-c2cc(C(C)(C)C)ccc2C(C)(C)C)c1.CC.CC. The molecule has 0 spiro atoms. The second-order valence-electron chi connectivity index (χ2n) is 9.74. The lowest BCUT2D eigenvalue weighted by atomic mass is 9.77. The van der Waals surface area contributed by atoms with E-state index in [0.29, 0.717) is 0 Å². The van der Waals surface area contributed by atoms with Gasteiger partial charge in [-0.2, -0.15) is 0 Å². The lowest BCUT2D eigenvalue weighted by molar-refractivity contribution is 0.578. The van der Waals surface area contributed by atoms with Crippen LogP contribution in [0.2, 0.25) is 0 Å². The predicted octanol–water partition coefficient (Wildman–Crippen LogP) is 10.2. The minimum absolute atomic E-state index is 0.0786. The average molecular weight is 471 g/mol. The Morgan fingerprint density at radius 1 is 0.714 bits per heavy atom. The summed E-state index contributed by atoms with van der Waals surface area (Å²) in [6.07, 6.45) is 21.6. The van der Waals surface area contributed by atoms with E-state index in [0.717, 1.165) is 5.57 Å². The normalized spacial score (nSPS) is 10.6. The summed E-state index contributed by atoms with van der Waals surface area (Å²) >= 11 is 0. The molecule has 0 saturated heterocycles. The zero-order valence-corrected chi connectivity index (χ0v) is 24.9. The van der Waals surface area contributed by atoms with E-state index in [1.807, 2.05) is 34.6 Å². The van der Waals surface area contributed by atoms with Crippen molar-refractivity contribution in [1.29, 1.82) is 0 Å². The first kappa shape index (κ1) is 36.4. The Morgan fingerprint density at radius 3 is 1.60 bits per heavy atom. The molecule has 0 heteroatoms. The first-order valence-corrected chi connectivity index (χ1v) is 12.4. The highest BCUT2D eigenvalue weighted by Gasteiger charge is 2.22. The summed E-state index contributed by atoms with van der Waals surface area (Å²) in [5.41, 5.74) is 10.2. The molecule has 0 aliphatic rings. The molecule has 0 nitrogen and oxygen atoms in total. The second-order valence-corrected chi connectivity index (χ2v) is 9.74. The smallest absolute Gasteiger partial charge is 0.00217 e. The summed E-state index contributed by atoms with van der Waals surface area (Å²) in [4.78, 5) is 0. The highest BCUT2D eigenvalue weighted by Crippen LogP contribution is 2.38. The van der Waals surface area contributed by atoms with Crippen molar-refractivity contribution in [2.24, 2.45) is 0 Å². The number of hydrogen-bond donors (Lipinski definition) is 0. The first-order chi connectivity index (χ1) is 16.3. The molecular formula is C35H50. The maximum absolute atomic E-state index is 5.64. The van der Waals surface area contributed by atoms with E-state index in [-0.39, 0.29) is 10.8 Å². The monoisotopic (exact) mass is 470 g/mol. The van der Waals surface area contributed by atoms with E-state index in [1.165, 1.54) is 39.0 Å². The maximum atomic E-state index is 5.64. The van der Waals surface area contributed by atoms with Crippen molar-refractivity contribution in [3.8, 4) is 49.2 Å². The molecule has 0 saturated carbocycles. The summed E-state index contributed by atoms with van der Waals surface area (Å²) < 4.78 is 0. The number of aryl methyl sites for hydroxylation is 1. The summed E-state index contributed by atoms with van der Waals surface area (Å²) in [7, 11) is 0.